The smallest absolute Gasteiger partial charge is 0.125 e. The highest BCUT2D eigenvalue weighted by Crippen LogP contribution is 2.38. The Morgan fingerprint density at radius 2 is 1.90 bits per heavy atom. The van der Waals surface area contributed by atoms with E-state index in [1.807, 2.05) is 30.3 Å². The second kappa shape index (κ2) is 9.59. The normalized spacial score (nSPS) is 24.3. The molecule has 29 heavy (non-hydrogen) atoms. The molecule has 0 spiro atoms. The number of thiazole rings is 1. The van der Waals surface area contributed by atoms with Crippen LogP contribution in [0.3, 0.4) is 0 Å². The molecule has 1 aromatic carbocycles. The van der Waals surface area contributed by atoms with Gasteiger partial charge in [0.15, 0.2) is 0 Å². The van der Waals surface area contributed by atoms with Crippen LogP contribution >= 0.6 is 11.3 Å². The van der Waals surface area contributed by atoms with E-state index in [4.69, 9.17) is 9.72 Å². The third-order valence-corrected chi connectivity index (χ3v) is 7.98. The number of rotatable bonds is 6. The Kier molecular flexibility index (Phi) is 6.88. The van der Waals surface area contributed by atoms with Crippen molar-refractivity contribution in [1.82, 2.24) is 9.88 Å². The molecule has 2 heterocycles. The fraction of sp³-hybridized carbons (Fsp3) is 0.625. The van der Waals surface area contributed by atoms with Crippen molar-refractivity contribution < 1.29 is 9.84 Å². The number of hydrogen-bond donors (Lipinski definition) is 1. The number of aliphatic hydroxyl groups is 1. The van der Waals surface area contributed by atoms with E-state index in [9.17, 15) is 5.11 Å². The molecule has 1 aliphatic heterocycles. The summed E-state index contributed by atoms with van der Waals surface area (Å²) in [5.41, 5.74) is 0.278. The monoisotopic (exact) mass is 414 g/mol. The molecule has 2 aromatic rings. The second-order valence-corrected chi connectivity index (χ2v) is 9.74. The topological polar surface area (TPSA) is 45.6 Å². The summed E-state index contributed by atoms with van der Waals surface area (Å²) >= 11 is 1.69. The zero-order valence-corrected chi connectivity index (χ0v) is 18.4. The molecule has 4 rings (SSSR count). The minimum absolute atomic E-state index is 0.639. The largest absolute Gasteiger partial charge is 0.493 e. The molecule has 2 fully saturated rings. The Morgan fingerprint density at radius 3 is 2.69 bits per heavy atom. The highest BCUT2D eigenvalue weighted by Gasteiger charge is 2.36. The van der Waals surface area contributed by atoms with E-state index in [1.54, 1.807) is 11.3 Å². The Balaban J connectivity index is 1.36. The molecule has 0 amide bonds. The van der Waals surface area contributed by atoms with Crippen molar-refractivity contribution in [2.75, 3.05) is 19.7 Å². The van der Waals surface area contributed by atoms with Crippen molar-refractivity contribution in [3.8, 4) is 5.75 Å². The minimum Gasteiger partial charge on any atom is -0.493 e. The third kappa shape index (κ3) is 5.19. The summed E-state index contributed by atoms with van der Waals surface area (Å²) in [6, 6.07) is 10.7. The Bertz CT molecular complexity index is 772. The first-order valence-electron chi connectivity index (χ1n) is 11.3. The van der Waals surface area contributed by atoms with Crippen LogP contribution < -0.4 is 4.74 Å². The van der Waals surface area contributed by atoms with Gasteiger partial charge in [0.2, 0.25) is 0 Å². The van der Waals surface area contributed by atoms with Crippen molar-refractivity contribution in [2.24, 2.45) is 0 Å². The first kappa shape index (κ1) is 20.8. The quantitative estimate of drug-likeness (QED) is 0.716. The molecule has 158 valence electrons. The predicted octanol–water partition coefficient (Wildman–Crippen LogP) is 5.08. The van der Waals surface area contributed by atoms with Gasteiger partial charge in [-0.3, -0.25) is 0 Å². The third-order valence-electron chi connectivity index (χ3n) is 6.57. The molecule has 4 nitrogen and oxygen atoms in total. The van der Waals surface area contributed by atoms with Gasteiger partial charge < -0.3 is 14.7 Å². The molecule has 1 atom stereocenters. The molecule has 1 aliphatic carbocycles. The van der Waals surface area contributed by atoms with Gasteiger partial charge in [0.05, 0.1) is 12.3 Å². The van der Waals surface area contributed by atoms with Crippen LogP contribution in [0.15, 0.2) is 30.3 Å². The molecular formula is C24H34N2O2S. The van der Waals surface area contributed by atoms with Gasteiger partial charge in [-0.1, -0.05) is 37.5 Å². The molecular weight excluding hydrogens is 380 g/mol. The molecule has 0 unspecified atom stereocenters. The lowest BCUT2D eigenvalue weighted by molar-refractivity contribution is 0.0188. The van der Waals surface area contributed by atoms with Crippen LogP contribution in [0, 0.1) is 6.92 Å². The molecule has 1 saturated carbocycles. The average Bonchev–Trinajstić information content (AvgIpc) is 3.01. The highest BCUT2D eigenvalue weighted by atomic mass is 32.1. The maximum Gasteiger partial charge on any atom is 0.125 e. The first-order valence-corrected chi connectivity index (χ1v) is 12.1. The summed E-state index contributed by atoms with van der Waals surface area (Å²) in [5.74, 6) is 0.903. The van der Waals surface area contributed by atoms with Gasteiger partial charge >= 0.3 is 0 Å². The van der Waals surface area contributed by atoms with Crippen molar-refractivity contribution in [1.29, 1.82) is 0 Å². The van der Waals surface area contributed by atoms with Gasteiger partial charge in [-0.05, 0) is 57.7 Å². The average molecular weight is 415 g/mol. The van der Waals surface area contributed by atoms with E-state index in [-0.39, 0.29) is 0 Å². The molecule has 0 radical (unpaired) electrons. The summed E-state index contributed by atoms with van der Waals surface area (Å²) < 4.78 is 5.86. The van der Waals surface area contributed by atoms with Crippen LogP contribution in [-0.4, -0.2) is 40.7 Å². The molecule has 5 heteroatoms. The van der Waals surface area contributed by atoms with Gasteiger partial charge in [-0.2, -0.15) is 0 Å². The van der Waals surface area contributed by atoms with Crippen LogP contribution in [0.1, 0.15) is 66.9 Å². The SMILES string of the molecule is Cc1nc([C@@]2(O)CCCN(C3CCCCC3)CC2)sc1CCOc1ccccc1. The van der Waals surface area contributed by atoms with Crippen LogP contribution in [0.5, 0.6) is 5.75 Å². The van der Waals surface area contributed by atoms with Gasteiger partial charge in [0, 0.05) is 23.9 Å². The Morgan fingerprint density at radius 1 is 1.10 bits per heavy atom. The van der Waals surface area contributed by atoms with Crippen molar-refractivity contribution in [3.63, 3.8) is 0 Å². The molecule has 2 aliphatic rings. The fourth-order valence-corrected chi connectivity index (χ4v) is 5.99. The number of para-hydroxylation sites is 1. The number of ether oxygens (including phenoxy) is 1. The number of hydrogen-bond acceptors (Lipinski definition) is 5. The second-order valence-electron chi connectivity index (χ2n) is 8.65. The molecule has 1 saturated heterocycles. The molecule has 0 bridgehead atoms. The standard InChI is InChI=1S/C24H34N2O2S/c1-19-22(13-18-28-21-11-6-3-7-12-21)29-23(25-19)24(27)14-8-16-26(17-15-24)20-9-4-2-5-10-20/h3,6-7,11-12,20,27H,2,4-5,8-10,13-18H2,1H3/t24-/m1/s1. The van der Waals surface area contributed by atoms with Gasteiger partial charge in [0.1, 0.15) is 16.4 Å². The van der Waals surface area contributed by atoms with E-state index in [2.05, 4.69) is 11.8 Å². The summed E-state index contributed by atoms with van der Waals surface area (Å²) in [7, 11) is 0. The van der Waals surface area contributed by atoms with E-state index in [0.717, 1.165) is 61.3 Å². The zero-order chi connectivity index (χ0) is 20.1. The van der Waals surface area contributed by atoms with Crippen molar-refractivity contribution >= 4 is 11.3 Å². The lowest BCUT2D eigenvalue weighted by Gasteiger charge is -2.33. The van der Waals surface area contributed by atoms with Gasteiger partial charge in [-0.15, -0.1) is 11.3 Å². The lowest BCUT2D eigenvalue weighted by atomic mass is 9.93. The van der Waals surface area contributed by atoms with Crippen LogP contribution in [0.2, 0.25) is 0 Å². The number of likely N-dealkylation sites (tertiary alicyclic amines) is 1. The fourth-order valence-electron chi connectivity index (χ4n) is 4.80. The number of benzene rings is 1. The van der Waals surface area contributed by atoms with Crippen LogP contribution in [-0.2, 0) is 12.0 Å². The lowest BCUT2D eigenvalue weighted by Crippen LogP contribution is -2.38. The summed E-state index contributed by atoms with van der Waals surface area (Å²) in [4.78, 5) is 8.68. The Labute approximate surface area is 178 Å². The number of aryl methyl sites for hydroxylation is 1. The maximum absolute atomic E-state index is 11.5. The van der Waals surface area contributed by atoms with Crippen LogP contribution in [0.25, 0.3) is 0 Å². The summed E-state index contributed by atoms with van der Waals surface area (Å²) in [5, 5.41) is 12.4. The van der Waals surface area contributed by atoms with Crippen molar-refractivity contribution in [3.05, 3.63) is 45.9 Å². The molecule has 1 N–H and O–H groups in total. The van der Waals surface area contributed by atoms with Gasteiger partial charge in [0.25, 0.3) is 0 Å². The highest BCUT2D eigenvalue weighted by molar-refractivity contribution is 7.11. The summed E-state index contributed by atoms with van der Waals surface area (Å²) in [6.07, 6.45) is 10.3. The van der Waals surface area contributed by atoms with Crippen molar-refractivity contribution in [2.45, 2.75) is 76.4 Å². The minimum atomic E-state index is -0.766. The zero-order valence-electron chi connectivity index (χ0n) is 17.6. The Hall–Kier alpha value is -1.43. The number of aromatic nitrogens is 1. The molecule has 1 aromatic heterocycles. The maximum atomic E-state index is 11.5. The van der Waals surface area contributed by atoms with E-state index in [1.165, 1.54) is 37.0 Å². The number of nitrogens with zero attached hydrogens (tertiary/aromatic N) is 2. The van der Waals surface area contributed by atoms with E-state index >= 15 is 0 Å². The summed E-state index contributed by atoms with van der Waals surface area (Å²) in [6.45, 7) is 4.81. The van der Waals surface area contributed by atoms with E-state index < -0.39 is 5.60 Å². The van der Waals surface area contributed by atoms with E-state index in [0.29, 0.717) is 6.61 Å². The van der Waals surface area contributed by atoms with Gasteiger partial charge in [-0.25, -0.2) is 4.98 Å². The predicted molar refractivity (Wildman–Crippen MR) is 119 cm³/mol. The first-order chi connectivity index (χ1) is 14.1. The van der Waals surface area contributed by atoms with Crippen LogP contribution in [0.4, 0.5) is 0 Å².